The van der Waals surface area contributed by atoms with E-state index >= 15 is 0 Å². The maximum atomic E-state index is 13.4. The standard InChI is InChI=1S/C9H13FSi/c1-8(2)11(10)9-6-4-3-5-7-9/h3-8,11H,1-2H3. The van der Waals surface area contributed by atoms with Crippen LogP contribution in [0.3, 0.4) is 0 Å². The van der Waals surface area contributed by atoms with Crippen molar-refractivity contribution < 1.29 is 4.11 Å². The third kappa shape index (κ3) is 2.15. The fraction of sp³-hybridized carbons (Fsp3) is 0.333. The Morgan fingerprint density at radius 2 is 1.73 bits per heavy atom. The number of rotatable bonds is 2. The summed E-state index contributed by atoms with van der Waals surface area (Å²) in [6.07, 6.45) is 0. The molecule has 1 atom stereocenters. The van der Waals surface area contributed by atoms with Crippen LogP contribution in [-0.2, 0) is 0 Å². The van der Waals surface area contributed by atoms with E-state index < -0.39 is 9.13 Å². The number of benzene rings is 1. The highest BCUT2D eigenvalue weighted by Gasteiger charge is 2.16. The Labute approximate surface area is 68.8 Å². The van der Waals surface area contributed by atoms with Crippen LogP contribution in [0.1, 0.15) is 13.8 Å². The van der Waals surface area contributed by atoms with Crippen LogP contribution in [0.2, 0.25) is 5.54 Å². The molecule has 0 aliphatic carbocycles. The molecular weight excluding hydrogens is 155 g/mol. The summed E-state index contributed by atoms with van der Waals surface area (Å²) in [6.45, 7) is 3.90. The van der Waals surface area contributed by atoms with Crippen molar-refractivity contribution in [3.63, 3.8) is 0 Å². The molecule has 0 aromatic heterocycles. The second-order valence-corrected chi connectivity index (χ2v) is 5.86. The summed E-state index contributed by atoms with van der Waals surface area (Å²) < 4.78 is 13.4. The van der Waals surface area contributed by atoms with E-state index in [0.29, 0.717) is 0 Å². The van der Waals surface area contributed by atoms with Crippen molar-refractivity contribution >= 4 is 14.3 Å². The summed E-state index contributed by atoms with van der Waals surface area (Å²) in [4.78, 5) is 0. The van der Waals surface area contributed by atoms with E-state index in [1.165, 1.54) is 0 Å². The molecule has 0 radical (unpaired) electrons. The third-order valence-electron chi connectivity index (χ3n) is 1.70. The first-order valence-corrected chi connectivity index (χ1v) is 5.59. The zero-order chi connectivity index (χ0) is 8.27. The molecule has 0 amide bonds. The topological polar surface area (TPSA) is 0 Å². The monoisotopic (exact) mass is 168 g/mol. The van der Waals surface area contributed by atoms with Crippen LogP contribution in [-0.4, -0.2) is 9.13 Å². The van der Waals surface area contributed by atoms with Crippen LogP contribution in [0.4, 0.5) is 4.11 Å². The Hall–Kier alpha value is -0.633. The van der Waals surface area contributed by atoms with E-state index in [1.54, 1.807) is 0 Å². The zero-order valence-electron chi connectivity index (χ0n) is 6.92. The molecule has 1 rings (SSSR count). The molecule has 0 aliphatic rings. The summed E-state index contributed by atoms with van der Waals surface area (Å²) in [7, 11) is -2.13. The Kier molecular flexibility index (Phi) is 2.82. The van der Waals surface area contributed by atoms with Gasteiger partial charge in [-0.3, -0.25) is 0 Å². The highest BCUT2D eigenvalue weighted by Crippen LogP contribution is 2.07. The summed E-state index contributed by atoms with van der Waals surface area (Å²) in [5, 5.41) is 0.919. The largest absolute Gasteiger partial charge is 0.312 e. The number of hydrogen-bond donors (Lipinski definition) is 0. The summed E-state index contributed by atoms with van der Waals surface area (Å²) >= 11 is 0. The maximum Gasteiger partial charge on any atom is 0.265 e. The van der Waals surface area contributed by atoms with Crippen molar-refractivity contribution in [1.29, 1.82) is 0 Å². The molecular formula is C9H13FSi. The molecule has 1 aromatic rings. The van der Waals surface area contributed by atoms with Gasteiger partial charge in [-0.25, -0.2) is 0 Å². The molecule has 1 aromatic carbocycles. The molecule has 2 heteroatoms. The molecule has 0 saturated carbocycles. The highest BCUT2D eigenvalue weighted by molar-refractivity contribution is 6.68. The van der Waals surface area contributed by atoms with E-state index in [1.807, 2.05) is 44.2 Å². The van der Waals surface area contributed by atoms with Gasteiger partial charge < -0.3 is 4.11 Å². The lowest BCUT2D eigenvalue weighted by atomic mass is 10.4. The van der Waals surface area contributed by atoms with Gasteiger partial charge in [-0.2, -0.15) is 0 Å². The minimum Gasteiger partial charge on any atom is -0.312 e. The fourth-order valence-corrected chi connectivity index (χ4v) is 2.38. The van der Waals surface area contributed by atoms with E-state index in [4.69, 9.17) is 0 Å². The van der Waals surface area contributed by atoms with Crippen molar-refractivity contribution in [2.45, 2.75) is 19.4 Å². The maximum absolute atomic E-state index is 13.4. The van der Waals surface area contributed by atoms with Gasteiger partial charge in [0.05, 0.1) is 0 Å². The molecule has 1 unspecified atom stereocenters. The van der Waals surface area contributed by atoms with Gasteiger partial charge in [0.25, 0.3) is 9.13 Å². The van der Waals surface area contributed by atoms with Crippen molar-refractivity contribution in [1.82, 2.24) is 0 Å². The summed E-state index contributed by atoms with van der Waals surface area (Å²) in [6, 6.07) is 9.49. The Morgan fingerprint density at radius 1 is 1.18 bits per heavy atom. The predicted molar refractivity (Wildman–Crippen MR) is 49.4 cm³/mol. The van der Waals surface area contributed by atoms with E-state index in [0.717, 1.165) is 5.19 Å². The van der Waals surface area contributed by atoms with Crippen molar-refractivity contribution in [3.05, 3.63) is 30.3 Å². The smallest absolute Gasteiger partial charge is 0.265 e. The quantitative estimate of drug-likeness (QED) is 0.468. The Bertz CT molecular complexity index is 208. The lowest BCUT2D eigenvalue weighted by Gasteiger charge is -2.08. The molecule has 0 bridgehead atoms. The fourth-order valence-electron chi connectivity index (χ4n) is 1.02. The predicted octanol–water partition coefficient (Wildman–Crippen LogP) is 2.00. The molecule has 0 spiro atoms. The van der Waals surface area contributed by atoms with Crippen LogP contribution in [0.5, 0.6) is 0 Å². The first kappa shape index (κ1) is 8.46. The lowest BCUT2D eigenvalue weighted by molar-refractivity contribution is 0.796. The van der Waals surface area contributed by atoms with E-state index in [9.17, 15) is 4.11 Å². The van der Waals surface area contributed by atoms with Gasteiger partial charge in [0.1, 0.15) is 0 Å². The van der Waals surface area contributed by atoms with Gasteiger partial charge in [0.2, 0.25) is 0 Å². The van der Waals surface area contributed by atoms with E-state index in [2.05, 4.69) is 0 Å². The van der Waals surface area contributed by atoms with Crippen LogP contribution in [0.15, 0.2) is 30.3 Å². The van der Waals surface area contributed by atoms with Crippen molar-refractivity contribution in [2.24, 2.45) is 0 Å². The van der Waals surface area contributed by atoms with Gasteiger partial charge >= 0.3 is 0 Å². The Morgan fingerprint density at radius 3 is 2.18 bits per heavy atom. The molecule has 0 aliphatic heterocycles. The van der Waals surface area contributed by atoms with Crippen LogP contribution in [0.25, 0.3) is 0 Å². The first-order chi connectivity index (χ1) is 5.22. The van der Waals surface area contributed by atoms with Crippen LogP contribution >= 0.6 is 0 Å². The third-order valence-corrected chi connectivity index (χ3v) is 3.90. The molecule has 0 heterocycles. The van der Waals surface area contributed by atoms with Gasteiger partial charge in [-0.05, 0) is 10.7 Å². The molecule has 0 N–H and O–H groups in total. The molecule has 0 nitrogen and oxygen atoms in total. The van der Waals surface area contributed by atoms with E-state index in [-0.39, 0.29) is 5.54 Å². The normalized spacial score (nSPS) is 13.5. The lowest BCUT2D eigenvalue weighted by Crippen LogP contribution is -2.27. The average Bonchev–Trinajstić information content (AvgIpc) is 2.05. The second-order valence-electron chi connectivity index (χ2n) is 3.06. The van der Waals surface area contributed by atoms with Gasteiger partial charge in [0.15, 0.2) is 0 Å². The zero-order valence-corrected chi connectivity index (χ0v) is 8.07. The number of hydrogen-bond acceptors (Lipinski definition) is 0. The average molecular weight is 168 g/mol. The van der Waals surface area contributed by atoms with Gasteiger partial charge in [0, 0.05) is 0 Å². The minimum absolute atomic E-state index is 0.206. The number of halogens is 1. The van der Waals surface area contributed by atoms with Crippen molar-refractivity contribution in [2.75, 3.05) is 0 Å². The van der Waals surface area contributed by atoms with Gasteiger partial charge in [-0.15, -0.1) is 0 Å². The SMILES string of the molecule is CC(C)[SiH](F)c1ccccc1. The molecule has 11 heavy (non-hydrogen) atoms. The van der Waals surface area contributed by atoms with Gasteiger partial charge in [-0.1, -0.05) is 44.2 Å². The van der Waals surface area contributed by atoms with Crippen LogP contribution in [0, 0.1) is 0 Å². The summed E-state index contributed by atoms with van der Waals surface area (Å²) in [5.41, 5.74) is 0.206. The first-order valence-electron chi connectivity index (χ1n) is 3.91. The highest BCUT2D eigenvalue weighted by atomic mass is 28.3. The van der Waals surface area contributed by atoms with Crippen molar-refractivity contribution in [3.8, 4) is 0 Å². The molecule has 0 fully saturated rings. The molecule has 0 saturated heterocycles. The molecule has 60 valence electrons. The minimum atomic E-state index is -2.13. The second kappa shape index (κ2) is 3.67. The Balaban J connectivity index is 2.77. The van der Waals surface area contributed by atoms with Crippen LogP contribution < -0.4 is 5.19 Å². The summed E-state index contributed by atoms with van der Waals surface area (Å²) in [5.74, 6) is 0.